The lowest BCUT2D eigenvalue weighted by molar-refractivity contribution is -0.150. The lowest BCUT2D eigenvalue weighted by Gasteiger charge is -2.49. The molecule has 3 amide bonds. The van der Waals surface area contributed by atoms with E-state index in [4.69, 9.17) is 10.6 Å². The molecule has 8 rings (SSSR count). The Balaban J connectivity index is 0.00000480. The first-order valence-corrected chi connectivity index (χ1v) is 19.3. The predicted molar refractivity (Wildman–Crippen MR) is 212 cm³/mol. The number of oxime groups is 1. The van der Waals surface area contributed by atoms with Crippen LogP contribution < -0.4 is 21.9 Å². The van der Waals surface area contributed by atoms with Crippen molar-refractivity contribution in [1.82, 2.24) is 35.3 Å². The number of β-lactam (4-membered cyclic amide) rings is 1. The van der Waals surface area contributed by atoms with E-state index in [1.165, 1.54) is 11.8 Å². The summed E-state index contributed by atoms with van der Waals surface area (Å²) in [5.74, 6) is -2.81. The summed E-state index contributed by atoms with van der Waals surface area (Å²) in [7, 11) is 0. The molecule has 3 aromatic carbocycles. The molecule has 3 saturated heterocycles. The molecule has 1 aromatic heterocycles. The van der Waals surface area contributed by atoms with Crippen LogP contribution in [0.2, 0.25) is 0 Å². The van der Waals surface area contributed by atoms with Crippen LogP contribution in [-0.2, 0) is 29.6 Å². The number of carbonyl (C=O) groups excluding carboxylic acids is 3. The van der Waals surface area contributed by atoms with E-state index in [1.807, 2.05) is 91.0 Å². The Morgan fingerprint density at radius 2 is 1.55 bits per heavy atom. The van der Waals surface area contributed by atoms with Gasteiger partial charge in [-0.3, -0.25) is 30.1 Å². The SMILES string of the molecule is Cl.Nc1nc(/C(=N/OC(c2ccccc2)(c2ccccc2)c2ccccc2)C(=O)N[C@@H]2C(=O)N3C(C(=O)O)=C(/C=C4\CCN(C5CNNC5)C4=O)CS[C@H]23)ns1. The third-order valence-electron chi connectivity index (χ3n) is 9.92. The van der Waals surface area contributed by atoms with Crippen molar-refractivity contribution in [2.24, 2.45) is 5.16 Å². The number of fused-ring (bicyclic) bond motifs is 1. The number of carboxylic acid groups (broad SMARTS) is 1. The van der Waals surface area contributed by atoms with Crippen molar-refractivity contribution in [3.8, 4) is 0 Å². The van der Waals surface area contributed by atoms with Crippen LogP contribution >= 0.6 is 35.7 Å². The van der Waals surface area contributed by atoms with Gasteiger partial charge in [-0.05, 0) is 18.1 Å². The monoisotopic (exact) mass is 813 g/mol. The van der Waals surface area contributed by atoms with Crippen molar-refractivity contribution in [3.63, 3.8) is 0 Å². The minimum atomic E-state index is -1.34. The second kappa shape index (κ2) is 16.3. The fourth-order valence-corrected chi connectivity index (χ4v) is 9.01. The van der Waals surface area contributed by atoms with Gasteiger partial charge in [0.1, 0.15) is 17.1 Å². The summed E-state index contributed by atoms with van der Waals surface area (Å²) < 4.78 is 4.24. The van der Waals surface area contributed by atoms with Gasteiger partial charge < -0.3 is 25.9 Å². The van der Waals surface area contributed by atoms with E-state index in [0.29, 0.717) is 37.2 Å². The lowest BCUT2D eigenvalue weighted by Crippen LogP contribution is -2.71. The first kappa shape index (κ1) is 38.7. The summed E-state index contributed by atoms with van der Waals surface area (Å²) in [6.45, 7) is 1.76. The first-order valence-electron chi connectivity index (χ1n) is 17.5. The molecule has 0 spiro atoms. The second-order valence-electron chi connectivity index (χ2n) is 13.1. The number of anilines is 1. The van der Waals surface area contributed by atoms with Crippen molar-refractivity contribution < 1.29 is 29.1 Å². The molecule has 288 valence electrons. The number of thioether (sulfide) groups is 1. The molecule has 0 bridgehead atoms. The Hall–Kier alpha value is -5.59. The highest BCUT2D eigenvalue weighted by atomic mass is 35.5. The summed E-state index contributed by atoms with van der Waals surface area (Å²) in [6, 6.07) is 27.2. The summed E-state index contributed by atoms with van der Waals surface area (Å²) in [5.41, 5.74) is 13.1. The standard InChI is InChI=1S/C38H35N9O6S2.ClH/c39-37-43-31(45-55-37)28(44-53-38(24-10-4-1-5-11-24,25-12-6-2-7-13-25)26-14-8-3-9-15-26)32(48)42-29-34(50)47-30(36(51)52)23(21-54-35(29)47)18-22-16-17-46(33(22)49)27-19-40-41-20-27;/h1-15,18,27,29,35,40-41H,16-17,19-21H2,(H,42,48)(H,51,52)(H2,39,43,45);1H/b22-18+,44-28-;/t29-,35-;/m1./s1. The highest BCUT2D eigenvalue weighted by molar-refractivity contribution is 8.00. The number of nitrogens with zero attached hydrogens (tertiary/aromatic N) is 5. The normalized spacial score (nSPS) is 20.8. The number of amides is 3. The van der Waals surface area contributed by atoms with E-state index in [-0.39, 0.29) is 52.5 Å². The molecule has 0 unspecified atom stereocenters. The zero-order valence-corrected chi connectivity index (χ0v) is 32.0. The first-order chi connectivity index (χ1) is 26.8. The van der Waals surface area contributed by atoms with Gasteiger partial charge in [-0.15, -0.1) is 24.2 Å². The Kier molecular flexibility index (Phi) is 11.2. The molecule has 4 aromatic rings. The number of allylic oxidation sites excluding steroid dienone is 1. The van der Waals surface area contributed by atoms with Crippen LogP contribution in [0, 0.1) is 0 Å². The number of carboxylic acids is 1. The van der Waals surface area contributed by atoms with Crippen LogP contribution in [0.4, 0.5) is 5.13 Å². The van der Waals surface area contributed by atoms with Crippen LogP contribution in [0.1, 0.15) is 28.9 Å². The molecule has 18 heteroatoms. The molecule has 2 atom stereocenters. The Bertz CT molecular complexity index is 2140. The van der Waals surface area contributed by atoms with Gasteiger partial charge in [0.05, 0.1) is 6.04 Å². The average molecular weight is 814 g/mol. The number of hydrazine groups is 1. The van der Waals surface area contributed by atoms with E-state index in [2.05, 4.69) is 30.7 Å². The fourth-order valence-electron chi connectivity index (χ4n) is 7.27. The topological polar surface area (TPSA) is 204 Å². The molecule has 0 aliphatic carbocycles. The predicted octanol–water partition coefficient (Wildman–Crippen LogP) is 2.63. The van der Waals surface area contributed by atoms with Gasteiger partial charge in [0.25, 0.3) is 11.8 Å². The van der Waals surface area contributed by atoms with E-state index in [9.17, 15) is 24.3 Å². The molecule has 0 saturated carbocycles. The minimum Gasteiger partial charge on any atom is -0.477 e. The minimum absolute atomic E-state index is 0. The molecular weight excluding hydrogens is 778 g/mol. The van der Waals surface area contributed by atoms with Gasteiger partial charge in [-0.2, -0.15) is 9.36 Å². The van der Waals surface area contributed by atoms with Gasteiger partial charge >= 0.3 is 5.97 Å². The number of benzene rings is 3. The Morgan fingerprint density at radius 1 is 0.964 bits per heavy atom. The smallest absolute Gasteiger partial charge is 0.352 e. The lowest BCUT2D eigenvalue weighted by atomic mass is 9.80. The molecule has 4 aliphatic rings. The maximum Gasteiger partial charge on any atom is 0.352 e. The van der Waals surface area contributed by atoms with Gasteiger partial charge in [-0.1, -0.05) is 96.2 Å². The van der Waals surface area contributed by atoms with E-state index in [1.54, 1.807) is 11.0 Å². The van der Waals surface area contributed by atoms with Gasteiger partial charge in [-0.25, -0.2) is 4.79 Å². The number of aromatic nitrogens is 2. The second-order valence-corrected chi connectivity index (χ2v) is 15.0. The molecule has 3 fully saturated rings. The molecular formula is C38H36ClN9O6S2. The number of aliphatic carboxylic acids is 1. The highest BCUT2D eigenvalue weighted by Crippen LogP contribution is 2.43. The summed E-state index contributed by atoms with van der Waals surface area (Å²) in [4.78, 5) is 67.5. The van der Waals surface area contributed by atoms with E-state index < -0.39 is 34.8 Å². The number of nitrogen functional groups attached to an aromatic ring is 1. The third-order valence-corrected chi connectivity index (χ3v) is 11.8. The quantitative estimate of drug-likeness (QED) is 0.0488. The zero-order valence-electron chi connectivity index (χ0n) is 29.5. The maximum atomic E-state index is 14.2. The van der Waals surface area contributed by atoms with Crippen LogP contribution in [0.15, 0.2) is 119 Å². The largest absolute Gasteiger partial charge is 0.477 e. The maximum absolute atomic E-state index is 14.2. The van der Waals surface area contributed by atoms with E-state index in [0.717, 1.165) is 33.1 Å². The number of likely N-dealkylation sites (tertiary alicyclic amines) is 1. The Labute approximate surface area is 335 Å². The highest BCUT2D eigenvalue weighted by Gasteiger charge is 2.54. The van der Waals surface area contributed by atoms with E-state index >= 15 is 0 Å². The number of hydrogen-bond acceptors (Lipinski definition) is 13. The fraction of sp³-hybridized carbons (Fsp3) is 0.237. The number of hydrogen-bond donors (Lipinski definition) is 5. The Morgan fingerprint density at radius 3 is 2.09 bits per heavy atom. The molecule has 15 nitrogen and oxygen atoms in total. The van der Waals surface area contributed by atoms with Crippen LogP contribution in [0.3, 0.4) is 0 Å². The number of nitrogens with one attached hydrogen (secondary N) is 3. The summed E-state index contributed by atoms with van der Waals surface area (Å²) in [6.07, 6.45) is 2.06. The number of rotatable bonds is 11. The van der Waals surface area contributed by atoms with Crippen molar-refractivity contribution >= 4 is 70.2 Å². The third kappa shape index (κ3) is 7.03. The van der Waals surface area contributed by atoms with Gasteiger partial charge in [0.2, 0.25) is 23.0 Å². The summed E-state index contributed by atoms with van der Waals surface area (Å²) >= 11 is 2.15. The number of carbonyl (C=O) groups is 4. The molecule has 0 radical (unpaired) electrons. The molecule has 4 aliphatic heterocycles. The van der Waals surface area contributed by atoms with Crippen LogP contribution in [-0.4, -0.2) is 96.5 Å². The van der Waals surface area contributed by atoms with Crippen molar-refractivity contribution in [2.75, 3.05) is 31.1 Å². The molecule has 6 N–H and O–H groups in total. The van der Waals surface area contributed by atoms with Gasteiger partial charge in [0.15, 0.2) is 5.13 Å². The zero-order chi connectivity index (χ0) is 38.1. The average Bonchev–Trinajstić information content (AvgIpc) is 3.98. The van der Waals surface area contributed by atoms with Crippen LogP contribution in [0.5, 0.6) is 0 Å². The van der Waals surface area contributed by atoms with Crippen molar-refractivity contribution in [2.45, 2.75) is 29.5 Å². The summed E-state index contributed by atoms with van der Waals surface area (Å²) in [5, 5.41) is 16.8. The van der Waals surface area contributed by atoms with Crippen molar-refractivity contribution in [1.29, 1.82) is 0 Å². The van der Waals surface area contributed by atoms with Crippen LogP contribution in [0.25, 0.3) is 0 Å². The van der Waals surface area contributed by atoms with Gasteiger partial charge in [0, 0.05) is 59.2 Å². The van der Waals surface area contributed by atoms with Crippen molar-refractivity contribution in [3.05, 3.63) is 136 Å². The molecule has 5 heterocycles. The number of nitrogens with two attached hydrogens (primary N) is 1. The number of halogens is 1. The molecule has 56 heavy (non-hydrogen) atoms.